The summed E-state index contributed by atoms with van der Waals surface area (Å²) in [6.45, 7) is 0. The monoisotopic (exact) mass is 292 g/mol. The molecule has 1 aromatic heterocycles. The second kappa shape index (κ2) is 3.96. The molecule has 4 heteroatoms. The summed E-state index contributed by atoms with van der Waals surface area (Å²) in [5.74, 6) is 0. The van der Waals surface area contributed by atoms with Gasteiger partial charge in [0.05, 0.1) is 18.4 Å². The van der Waals surface area contributed by atoms with Gasteiger partial charge in [-0.2, -0.15) is 5.10 Å². The van der Waals surface area contributed by atoms with Crippen molar-refractivity contribution in [2.75, 3.05) is 4.43 Å². The number of ether oxygens (including phenoxy) is 1. The van der Waals surface area contributed by atoms with Crippen molar-refractivity contribution in [3.8, 4) is 0 Å². The van der Waals surface area contributed by atoms with Crippen molar-refractivity contribution in [3.05, 3.63) is 18.0 Å². The Kier molecular flexibility index (Phi) is 2.88. The van der Waals surface area contributed by atoms with Gasteiger partial charge in [0.2, 0.25) is 0 Å². The summed E-state index contributed by atoms with van der Waals surface area (Å²) < 4.78 is 8.77. The van der Waals surface area contributed by atoms with E-state index in [1.165, 1.54) is 12.0 Å². The lowest BCUT2D eigenvalue weighted by molar-refractivity contribution is 0.0597. The molecule has 1 fully saturated rings. The van der Waals surface area contributed by atoms with Gasteiger partial charge >= 0.3 is 0 Å². The van der Waals surface area contributed by atoms with Crippen molar-refractivity contribution in [1.82, 2.24) is 9.78 Å². The zero-order valence-corrected chi connectivity index (χ0v) is 9.77. The fourth-order valence-electron chi connectivity index (χ4n) is 1.67. The molecule has 1 saturated heterocycles. The number of aromatic nitrogens is 2. The number of alkyl halides is 1. The third-order valence-electron chi connectivity index (χ3n) is 2.38. The molecule has 1 aromatic rings. The predicted octanol–water partition coefficient (Wildman–Crippen LogP) is 2.08. The van der Waals surface area contributed by atoms with Gasteiger partial charge in [-0.1, -0.05) is 22.6 Å². The minimum atomic E-state index is 0.286. The highest BCUT2D eigenvalue weighted by atomic mass is 127. The van der Waals surface area contributed by atoms with Crippen LogP contribution in [-0.2, 0) is 11.8 Å². The SMILES string of the molecule is Cn1cc(C2CCC(CI)O2)cn1. The van der Waals surface area contributed by atoms with E-state index in [2.05, 4.69) is 27.7 Å². The van der Waals surface area contributed by atoms with E-state index in [0.29, 0.717) is 6.10 Å². The summed E-state index contributed by atoms with van der Waals surface area (Å²) in [7, 11) is 1.94. The van der Waals surface area contributed by atoms with Gasteiger partial charge < -0.3 is 4.74 Å². The van der Waals surface area contributed by atoms with Crippen LogP contribution < -0.4 is 0 Å². The molecule has 1 aliphatic rings. The maximum Gasteiger partial charge on any atom is 0.0860 e. The second-order valence-electron chi connectivity index (χ2n) is 3.43. The van der Waals surface area contributed by atoms with Crippen LogP contribution >= 0.6 is 22.6 Å². The Bertz CT molecular complexity index is 287. The normalized spacial score (nSPS) is 28.2. The van der Waals surface area contributed by atoms with Crippen LogP contribution in [0.3, 0.4) is 0 Å². The molecule has 3 nitrogen and oxygen atoms in total. The zero-order chi connectivity index (χ0) is 9.26. The van der Waals surface area contributed by atoms with Gasteiger partial charge in [0.1, 0.15) is 0 Å². The average Bonchev–Trinajstić information content (AvgIpc) is 2.71. The van der Waals surface area contributed by atoms with Crippen LogP contribution in [0.1, 0.15) is 24.5 Å². The first kappa shape index (κ1) is 9.45. The molecule has 0 radical (unpaired) electrons. The summed E-state index contributed by atoms with van der Waals surface area (Å²) in [5.41, 5.74) is 1.22. The van der Waals surface area contributed by atoms with Gasteiger partial charge in [0.25, 0.3) is 0 Å². The predicted molar refractivity (Wildman–Crippen MR) is 58.9 cm³/mol. The molecule has 2 heterocycles. The van der Waals surface area contributed by atoms with Crippen LogP contribution in [-0.4, -0.2) is 20.3 Å². The highest BCUT2D eigenvalue weighted by Gasteiger charge is 2.26. The first-order chi connectivity index (χ1) is 6.29. The molecule has 0 aliphatic carbocycles. The highest BCUT2D eigenvalue weighted by molar-refractivity contribution is 14.1. The van der Waals surface area contributed by atoms with Gasteiger partial charge in [-0.05, 0) is 12.8 Å². The first-order valence-corrected chi connectivity index (χ1v) is 6.02. The van der Waals surface area contributed by atoms with Gasteiger partial charge in [-0.25, -0.2) is 0 Å². The van der Waals surface area contributed by atoms with E-state index in [-0.39, 0.29) is 6.10 Å². The van der Waals surface area contributed by atoms with Gasteiger partial charge in [0, 0.05) is 23.2 Å². The van der Waals surface area contributed by atoms with E-state index in [4.69, 9.17) is 4.74 Å². The van der Waals surface area contributed by atoms with E-state index in [0.717, 1.165) is 10.8 Å². The van der Waals surface area contributed by atoms with Crippen LogP contribution in [0.5, 0.6) is 0 Å². The summed E-state index contributed by atoms with van der Waals surface area (Å²) >= 11 is 2.38. The number of halogens is 1. The lowest BCUT2D eigenvalue weighted by atomic mass is 10.1. The minimum absolute atomic E-state index is 0.286. The Morgan fingerprint density at radius 2 is 2.54 bits per heavy atom. The molecule has 0 amide bonds. The summed E-state index contributed by atoms with van der Waals surface area (Å²) in [5, 5.41) is 4.15. The molecule has 72 valence electrons. The Morgan fingerprint density at radius 3 is 3.08 bits per heavy atom. The van der Waals surface area contributed by atoms with E-state index in [1.54, 1.807) is 0 Å². The molecule has 2 unspecified atom stereocenters. The number of hydrogen-bond donors (Lipinski definition) is 0. The van der Waals surface area contributed by atoms with Crippen molar-refractivity contribution >= 4 is 22.6 Å². The fraction of sp³-hybridized carbons (Fsp3) is 0.667. The Morgan fingerprint density at radius 1 is 1.69 bits per heavy atom. The third kappa shape index (κ3) is 2.04. The molecule has 0 aromatic carbocycles. The molecule has 1 aliphatic heterocycles. The lowest BCUT2D eigenvalue weighted by Crippen LogP contribution is -2.06. The van der Waals surface area contributed by atoms with Crippen LogP contribution in [0.4, 0.5) is 0 Å². The maximum atomic E-state index is 5.85. The quantitative estimate of drug-likeness (QED) is 0.616. The smallest absolute Gasteiger partial charge is 0.0860 e. The largest absolute Gasteiger partial charge is 0.369 e. The number of rotatable bonds is 2. The molecule has 13 heavy (non-hydrogen) atoms. The number of hydrogen-bond acceptors (Lipinski definition) is 2. The van der Waals surface area contributed by atoms with Gasteiger partial charge in [-0.15, -0.1) is 0 Å². The first-order valence-electron chi connectivity index (χ1n) is 4.49. The zero-order valence-electron chi connectivity index (χ0n) is 7.61. The van der Waals surface area contributed by atoms with Crippen molar-refractivity contribution < 1.29 is 4.74 Å². The molecule has 2 rings (SSSR count). The summed E-state index contributed by atoms with van der Waals surface area (Å²) in [6, 6.07) is 0. The second-order valence-corrected chi connectivity index (χ2v) is 4.31. The van der Waals surface area contributed by atoms with E-state index in [9.17, 15) is 0 Å². The van der Waals surface area contributed by atoms with Crippen LogP contribution in [0.2, 0.25) is 0 Å². The molecule has 0 bridgehead atoms. The highest BCUT2D eigenvalue weighted by Crippen LogP contribution is 2.32. The fourth-order valence-corrected chi connectivity index (χ4v) is 2.32. The van der Waals surface area contributed by atoms with E-state index >= 15 is 0 Å². The van der Waals surface area contributed by atoms with Crippen LogP contribution in [0.25, 0.3) is 0 Å². The Hall–Kier alpha value is -0.100. The van der Waals surface area contributed by atoms with Crippen LogP contribution in [0, 0.1) is 0 Å². The Balaban J connectivity index is 2.03. The van der Waals surface area contributed by atoms with E-state index in [1.807, 2.05) is 24.1 Å². The van der Waals surface area contributed by atoms with E-state index < -0.39 is 0 Å². The van der Waals surface area contributed by atoms with Crippen molar-refractivity contribution in [2.24, 2.45) is 7.05 Å². The maximum absolute atomic E-state index is 5.85. The van der Waals surface area contributed by atoms with Gasteiger partial charge in [0.15, 0.2) is 0 Å². The van der Waals surface area contributed by atoms with Gasteiger partial charge in [-0.3, -0.25) is 4.68 Å². The molecule has 0 N–H and O–H groups in total. The minimum Gasteiger partial charge on any atom is -0.369 e. The molecule has 2 atom stereocenters. The van der Waals surface area contributed by atoms with Crippen LogP contribution in [0.15, 0.2) is 12.4 Å². The molecule has 0 spiro atoms. The standard InChI is InChI=1S/C9H13IN2O/c1-12-6-7(5-11-12)9-3-2-8(4-10)13-9/h5-6,8-9H,2-4H2,1H3. The molecule has 0 saturated carbocycles. The Labute approximate surface area is 91.6 Å². The summed E-state index contributed by atoms with van der Waals surface area (Å²) in [6.07, 6.45) is 7.00. The molecular formula is C9H13IN2O. The van der Waals surface area contributed by atoms with Crippen molar-refractivity contribution in [3.63, 3.8) is 0 Å². The summed E-state index contributed by atoms with van der Waals surface area (Å²) in [4.78, 5) is 0. The topological polar surface area (TPSA) is 27.1 Å². The third-order valence-corrected chi connectivity index (χ3v) is 3.36. The van der Waals surface area contributed by atoms with Crippen molar-refractivity contribution in [1.29, 1.82) is 0 Å². The lowest BCUT2D eigenvalue weighted by Gasteiger charge is -2.09. The number of aryl methyl sites for hydroxylation is 1. The average molecular weight is 292 g/mol. The van der Waals surface area contributed by atoms with Crippen molar-refractivity contribution in [2.45, 2.75) is 25.0 Å². The number of nitrogens with zero attached hydrogens (tertiary/aromatic N) is 2. The molecular weight excluding hydrogens is 279 g/mol.